The van der Waals surface area contributed by atoms with Gasteiger partial charge < -0.3 is 9.80 Å². The SMILES string of the molecule is Cc1cc(N2CCC3(CCCN(C#N)C3)CC2)ccn1. The Hall–Kier alpha value is -1.76. The lowest BCUT2D eigenvalue weighted by molar-refractivity contribution is 0.0990. The zero-order valence-electron chi connectivity index (χ0n) is 12.2. The standard InChI is InChI=1S/C16H22N4/c1-14-11-15(3-7-18-14)20-9-5-16(6-10-20)4-2-8-19(12-16)13-17/h3,7,11H,2,4-6,8-10,12H2,1H3. The van der Waals surface area contributed by atoms with Crippen molar-refractivity contribution in [2.45, 2.75) is 32.6 Å². The Bertz CT molecular complexity index is 511. The molecule has 4 nitrogen and oxygen atoms in total. The summed E-state index contributed by atoms with van der Waals surface area (Å²) in [4.78, 5) is 8.69. The van der Waals surface area contributed by atoms with Crippen LogP contribution in [0.5, 0.6) is 0 Å². The first-order valence-electron chi connectivity index (χ1n) is 7.53. The summed E-state index contributed by atoms with van der Waals surface area (Å²) in [7, 11) is 0. The minimum Gasteiger partial charge on any atom is -0.371 e. The van der Waals surface area contributed by atoms with E-state index in [1.165, 1.54) is 31.4 Å². The summed E-state index contributed by atoms with van der Waals surface area (Å²) < 4.78 is 0. The molecule has 0 bridgehead atoms. The Balaban J connectivity index is 1.66. The van der Waals surface area contributed by atoms with Crippen molar-refractivity contribution in [3.8, 4) is 6.19 Å². The Morgan fingerprint density at radius 3 is 2.75 bits per heavy atom. The monoisotopic (exact) mass is 270 g/mol. The number of piperidine rings is 2. The van der Waals surface area contributed by atoms with Gasteiger partial charge in [0.15, 0.2) is 6.19 Å². The fourth-order valence-corrected chi connectivity index (χ4v) is 3.67. The fourth-order valence-electron chi connectivity index (χ4n) is 3.67. The van der Waals surface area contributed by atoms with Crippen molar-refractivity contribution < 1.29 is 0 Å². The number of likely N-dealkylation sites (tertiary alicyclic amines) is 1. The summed E-state index contributed by atoms with van der Waals surface area (Å²) in [5.41, 5.74) is 2.75. The number of nitriles is 1. The quantitative estimate of drug-likeness (QED) is 0.736. The topological polar surface area (TPSA) is 43.2 Å². The van der Waals surface area contributed by atoms with Crippen LogP contribution in [-0.4, -0.2) is 36.1 Å². The van der Waals surface area contributed by atoms with Gasteiger partial charge in [-0.1, -0.05) is 0 Å². The van der Waals surface area contributed by atoms with Gasteiger partial charge >= 0.3 is 0 Å². The van der Waals surface area contributed by atoms with Crippen LogP contribution < -0.4 is 4.90 Å². The molecule has 0 saturated carbocycles. The molecule has 2 fully saturated rings. The van der Waals surface area contributed by atoms with E-state index in [2.05, 4.69) is 28.2 Å². The van der Waals surface area contributed by atoms with Gasteiger partial charge in [0.25, 0.3) is 0 Å². The lowest BCUT2D eigenvalue weighted by atomic mass is 9.72. The van der Waals surface area contributed by atoms with Gasteiger partial charge in [-0.2, -0.15) is 5.26 Å². The number of hydrogen-bond donors (Lipinski definition) is 0. The average molecular weight is 270 g/mol. The van der Waals surface area contributed by atoms with Crippen LogP contribution in [0.4, 0.5) is 5.69 Å². The van der Waals surface area contributed by atoms with Gasteiger partial charge in [0.05, 0.1) is 0 Å². The molecular weight excluding hydrogens is 248 g/mol. The molecule has 0 aliphatic carbocycles. The molecule has 0 radical (unpaired) electrons. The maximum Gasteiger partial charge on any atom is 0.179 e. The Kier molecular flexibility index (Phi) is 3.52. The van der Waals surface area contributed by atoms with Gasteiger partial charge in [-0.15, -0.1) is 0 Å². The van der Waals surface area contributed by atoms with E-state index in [0.29, 0.717) is 5.41 Å². The second kappa shape index (κ2) is 5.32. The van der Waals surface area contributed by atoms with Gasteiger partial charge in [0.1, 0.15) is 0 Å². The van der Waals surface area contributed by atoms with E-state index < -0.39 is 0 Å². The molecule has 1 spiro atoms. The van der Waals surface area contributed by atoms with Crippen molar-refractivity contribution in [1.82, 2.24) is 9.88 Å². The number of rotatable bonds is 1. The summed E-state index contributed by atoms with van der Waals surface area (Å²) >= 11 is 0. The summed E-state index contributed by atoms with van der Waals surface area (Å²) in [5, 5.41) is 9.12. The molecule has 2 saturated heterocycles. The van der Waals surface area contributed by atoms with Crippen LogP contribution in [0.1, 0.15) is 31.4 Å². The van der Waals surface area contributed by atoms with Crippen molar-refractivity contribution in [1.29, 1.82) is 5.26 Å². The van der Waals surface area contributed by atoms with E-state index in [0.717, 1.165) is 31.9 Å². The molecule has 0 N–H and O–H groups in total. The molecule has 1 aromatic heterocycles. The summed E-state index contributed by atoms with van der Waals surface area (Å²) in [5.74, 6) is 0. The number of hydrogen-bond acceptors (Lipinski definition) is 4. The highest BCUT2D eigenvalue weighted by Gasteiger charge is 2.38. The smallest absolute Gasteiger partial charge is 0.179 e. The predicted octanol–water partition coefficient (Wildman–Crippen LogP) is 2.55. The number of pyridine rings is 1. The zero-order valence-corrected chi connectivity index (χ0v) is 12.2. The lowest BCUT2D eigenvalue weighted by Crippen LogP contribution is -2.48. The Morgan fingerprint density at radius 1 is 1.25 bits per heavy atom. The third kappa shape index (κ3) is 2.58. The summed E-state index contributed by atoms with van der Waals surface area (Å²) in [6.45, 7) is 6.16. The second-order valence-corrected chi connectivity index (χ2v) is 6.27. The molecule has 2 aliphatic rings. The third-order valence-electron chi connectivity index (χ3n) is 4.87. The van der Waals surface area contributed by atoms with Crippen LogP contribution in [0, 0.1) is 23.8 Å². The van der Waals surface area contributed by atoms with E-state index in [-0.39, 0.29) is 0 Å². The van der Waals surface area contributed by atoms with Crippen molar-refractivity contribution >= 4 is 5.69 Å². The van der Waals surface area contributed by atoms with Gasteiger partial charge in [0, 0.05) is 43.8 Å². The second-order valence-electron chi connectivity index (χ2n) is 6.27. The van der Waals surface area contributed by atoms with Crippen LogP contribution in [-0.2, 0) is 0 Å². The summed E-state index contributed by atoms with van der Waals surface area (Å²) in [6.07, 6.45) is 9.09. The molecule has 20 heavy (non-hydrogen) atoms. The van der Waals surface area contributed by atoms with E-state index in [1.807, 2.05) is 18.0 Å². The molecule has 0 amide bonds. The average Bonchev–Trinajstić information content (AvgIpc) is 2.48. The van der Waals surface area contributed by atoms with E-state index in [4.69, 9.17) is 5.26 Å². The number of aryl methyl sites for hydroxylation is 1. The van der Waals surface area contributed by atoms with Gasteiger partial charge in [0.2, 0.25) is 0 Å². The number of anilines is 1. The number of aromatic nitrogens is 1. The Labute approximate surface area is 121 Å². The van der Waals surface area contributed by atoms with Crippen LogP contribution in [0.25, 0.3) is 0 Å². The van der Waals surface area contributed by atoms with Crippen LogP contribution in [0.3, 0.4) is 0 Å². The molecule has 0 aromatic carbocycles. The predicted molar refractivity (Wildman–Crippen MR) is 79.3 cm³/mol. The van der Waals surface area contributed by atoms with Crippen molar-refractivity contribution in [2.75, 3.05) is 31.1 Å². The first-order valence-corrected chi connectivity index (χ1v) is 7.53. The molecule has 0 unspecified atom stereocenters. The molecule has 0 atom stereocenters. The lowest BCUT2D eigenvalue weighted by Gasteiger charge is -2.47. The largest absolute Gasteiger partial charge is 0.371 e. The zero-order chi connectivity index (χ0) is 14.0. The molecule has 2 aliphatic heterocycles. The maximum absolute atomic E-state index is 9.12. The van der Waals surface area contributed by atoms with E-state index in [1.54, 1.807) is 0 Å². The van der Waals surface area contributed by atoms with Crippen LogP contribution in [0.15, 0.2) is 18.3 Å². The van der Waals surface area contributed by atoms with Gasteiger partial charge in [-0.25, -0.2) is 0 Å². The van der Waals surface area contributed by atoms with Crippen molar-refractivity contribution in [2.24, 2.45) is 5.41 Å². The summed E-state index contributed by atoms with van der Waals surface area (Å²) in [6, 6.07) is 4.27. The Morgan fingerprint density at radius 2 is 2.05 bits per heavy atom. The molecule has 106 valence electrons. The highest BCUT2D eigenvalue weighted by molar-refractivity contribution is 5.46. The molecule has 3 heterocycles. The molecule has 4 heteroatoms. The highest BCUT2D eigenvalue weighted by atomic mass is 15.2. The molecular formula is C16H22N4. The van der Waals surface area contributed by atoms with E-state index >= 15 is 0 Å². The highest BCUT2D eigenvalue weighted by Crippen LogP contribution is 2.40. The fraction of sp³-hybridized carbons (Fsp3) is 0.625. The minimum atomic E-state index is 0.382. The van der Waals surface area contributed by atoms with Gasteiger partial charge in [-0.05, 0) is 50.2 Å². The van der Waals surface area contributed by atoms with E-state index in [9.17, 15) is 0 Å². The molecule has 3 rings (SSSR count). The van der Waals surface area contributed by atoms with Crippen molar-refractivity contribution in [3.05, 3.63) is 24.0 Å². The number of nitrogens with zero attached hydrogens (tertiary/aromatic N) is 4. The van der Waals surface area contributed by atoms with Crippen LogP contribution in [0.2, 0.25) is 0 Å². The first-order chi connectivity index (χ1) is 9.71. The normalized spacial score (nSPS) is 21.8. The molecule has 1 aromatic rings. The van der Waals surface area contributed by atoms with Crippen LogP contribution >= 0.6 is 0 Å². The third-order valence-corrected chi connectivity index (χ3v) is 4.87. The minimum absolute atomic E-state index is 0.382. The van der Waals surface area contributed by atoms with Crippen molar-refractivity contribution in [3.63, 3.8) is 0 Å². The maximum atomic E-state index is 9.12. The first kappa shape index (κ1) is 13.2. The van der Waals surface area contributed by atoms with Gasteiger partial charge in [-0.3, -0.25) is 4.98 Å².